The summed E-state index contributed by atoms with van der Waals surface area (Å²) < 4.78 is 23.7. The number of carbonyl (C=O) groups excluding carboxylic acids is 1. The van der Waals surface area contributed by atoms with Crippen molar-refractivity contribution < 1.29 is 28.6 Å². The van der Waals surface area contributed by atoms with E-state index in [1.165, 1.54) is 19.2 Å². The van der Waals surface area contributed by atoms with Crippen LogP contribution in [-0.2, 0) is 16.1 Å². The minimum Gasteiger partial charge on any atom is -0.494 e. The molecule has 2 aromatic carbocycles. The van der Waals surface area contributed by atoms with Crippen molar-refractivity contribution in [2.24, 2.45) is 0 Å². The van der Waals surface area contributed by atoms with Gasteiger partial charge in [0.2, 0.25) is 0 Å². The number of aliphatic carboxylic acids is 1. The third-order valence-corrected chi connectivity index (χ3v) is 3.46. The van der Waals surface area contributed by atoms with Crippen LogP contribution in [0.25, 0.3) is 0 Å². The van der Waals surface area contributed by atoms with Gasteiger partial charge in [0.1, 0.15) is 6.61 Å². The van der Waals surface area contributed by atoms with E-state index in [1.54, 1.807) is 12.1 Å². The van der Waals surface area contributed by atoms with E-state index in [-0.39, 0.29) is 12.4 Å². The molecule has 132 valence electrons. The lowest BCUT2D eigenvalue weighted by Gasteiger charge is -2.18. The Labute approximate surface area is 144 Å². The van der Waals surface area contributed by atoms with E-state index in [0.29, 0.717) is 5.56 Å². The second-order valence-corrected chi connectivity index (χ2v) is 5.25. The maximum atomic E-state index is 13.8. The fraction of sp³-hybridized carbons (Fsp3) is 0.222. The molecular formula is C18H18FNO5. The van der Waals surface area contributed by atoms with Crippen LogP contribution in [0.3, 0.4) is 0 Å². The van der Waals surface area contributed by atoms with Crippen LogP contribution in [0.4, 0.5) is 9.18 Å². The molecule has 0 saturated heterocycles. The van der Waals surface area contributed by atoms with Crippen molar-refractivity contribution >= 4 is 12.1 Å². The lowest BCUT2D eigenvalue weighted by atomic mass is 10.0. The van der Waals surface area contributed by atoms with Gasteiger partial charge in [0.05, 0.1) is 19.6 Å². The summed E-state index contributed by atoms with van der Waals surface area (Å²) in [5.74, 6) is -1.75. The van der Waals surface area contributed by atoms with E-state index in [9.17, 15) is 14.0 Å². The first kappa shape index (κ1) is 18.3. The number of amides is 1. The molecule has 0 aliphatic carbocycles. The van der Waals surface area contributed by atoms with Crippen LogP contribution in [0.15, 0.2) is 48.5 Å². The van der Waals surface area contributed by atoms with Crippen molar-refractivity contribution in [3.63, 3.8) is 0 Å². The van der Waals surface area contributed by atoms with Crippen LogP contribution in [0.5, 0.6) is 5.75 Å². The normalized spacial score (nSPS) is 11.4. The number of carboxylic acids is 1. The standard InChI is InChI=1S/C18H18FNO5/c1-24-16-8-7-13(9-14(16)19)15(10-17(21)22)20-18(23)25-11-12-5-3-2-4-6-12/h2-9,15H,10-11H2,1H3,(H,20,23)(H,21,22)/t15-/m0/s1. The molecule has 0 heterocycles. The molecule has 25 heavy (non-hydrogen) atoms. The number of benzene rings is 2. The molecule has 0 spiro atoms. The third-order valence-electron chi connectivity index (χ3n) is 3.46. The number of rotatable bonds is 7. The maximum Gasteiger partial charge on any atom is 0.407 e. The first-order chi connectivity index (χ1) is 12.0. The van der Waals surface area contributed by atoms with Gasteiger partial charge in [-0.2, -0.15) is 0 Å². The smallest absolute Gasteiger partial charge is 0.407 e. The molecule has 2 rings (SSSR count). The van der Waals surface area contributed by atoms with Crippen molar-refractivity contribution in [2.75, 3.05) is 7.11 Å². The third kappa shape index (κ3) is 5.49. The fourth-order valence-electron chi connectivity index (χ4n) is 2.23. The van der Waals surface area contributed by atoms with Gasteiger partial charge in [-0.05, 0) is 23.3 Å². The number of halogens is 1. The zero-order valence-corrected chi connectivity index (χ0v) is 13.6. The minimum atomic E-state index is -1.13. The molecule has 0 aliphatic heterocycles. The molecule has 1 amide bonds. The molecule has 0 aliphatic rings. The summed E-state index contributed by atoms with van der Waals surface area (Å²) in [5, 5.41) is 11.5. The largest absolute Gasteiger partial charge is 0.494 e. The van der Waals surface area contributed by atoms with Crippen LogP contribution in [0.1, 0.15) is 23.6 Å². The number of nitrogens with one attached hydrogen (secondary N) is 1. The first-order valence-electron chi connectivity index (χ1n) is 7.52. The quantitative estimate of drug-likeness (QED) is 0.803. The van der Waals surface area contributed by atoms with E-state index < -0.39 is 30.3 Å². The highest BCUT2D eigenvalue weighted by atomic mass is 19.1. The Bertz CT molecular complexity index is 736. The van der Waals surface area contributed by atoms with Gasteiger partial charge in [-0.25, -0.2) is 9.18 Å². The zero-order valence-electron chi connectivity index (χ0n) is 13.6. The zero-order chi connectivity index (χ0) is 18.2. The van der Waals surface area contributed by atoms with Crippen molar-refractivity contribution in [1.82, 2.24) is 5.32 Å². The number of methoxy groups -OCH3 is 1. The maximum absolute atomic E-state index is 13.8. The van der Waals surface area contributed by atoms with Crippen LogP contribution in [0.2, 0.25) is 0 Å². The first-order valence-corrected chi connectivity index (χ1v) is 7.52. The predicted molar refractivity (Wildman–Crippen MR) is 87.7 cm³/mol. The number of carboxylic acid groups (broad SMARTS) is 1. The highest BCUT2D eigenvalue weighted by Gasteiger charge is 2.20. The monoisotopic (exact) mass is 347 g/mol. The Kier molecular flexibility index (Phi) is 6.33. The Morgan fingerprint density at radius 3 is 2.52 bits per heavy atom. The molecule has 2 N–H and O–H groups in total. The van der Waals surface area contributed by atoms with E-state index in [4.69, 9.17) is 14.6 Å². The molecule has 0 radical (unpaired) electrons. The van der Waals surface area contributed by atoms with Crippen molar-refractivity contribution in [3.05, 3.63) is 65.5 Å². The Morgan fingerprint density at radius 2 is 1.92 bits per heavy atom. The molecule has 1 atom stereocenters. The number of hydrogen-bond acceptors (Lipinski definition) is 4. The van der Waals surface area contributed by atoms with E-state index in [1.807, 2.05) is 18.2 Å². The van der Waals surface area contributed by atoms with E-state index in [2.05, 4.69) is 5.32 Å². The number of hydrogen-bond donors (Lipinski definition) is 2. The van der Waals surface area contributed by atoms with Crippen molar-refractivity contribution in [3.8, 4) is 5.75 Å². The fourth-order valence-corrected chi connectivity index (χ4v) is 2.23. The van der Waals surface area contributed by atoms with Crippen LogP contribution < -0.4 is 10.1 Å². The van der Waals surface area contributed by atoms with Gasteiger partial charge in [-0.3, -0.25) is 4.79 Å². The second kappa shape index (κ2) is 8.68. The van der Waals surface area contributed by atoms with Crippen LogP contribution >= 0.6 is 0 Å². The highest BCUT2D eigenvalue weighted by molar-refractivity contribution is 5.72. The molecule has 0 aromatic heterocycles. The van der Waals surface area contributed by atoms with Gasteiger partial charge in [0, 0.05) is 0 Å². The summed E-state index contributed by atoms with van der Waals surface area (Å²) in [5.41, 5.74) is 1.10. The van der Waals surface area contributed by atoms with Crippen molar-refractivity contribution in [1.29, 1.82) is 0 Å². The van der Waals surface area contributed by atoms with Gasteiger partial charge >= 0.3 is 12.1 Å². The van der Waals surface area contributed by atoms with Gasteiger partial charge in [0.25, 0.3) is 0 Å². The van der Waals surface area contributed by atoms with Gasteiger partial charge in [0.15, 0.2) is 11.6 Å². The SMILES string of the molecule is COc1ccc([C@H](CC(=O)O)NC(=O)OCc2ccccc2)cc1F. The summed E-state index contributed by atoms with van der Waals surface area (Å²) in [6, 6.07) is 12.1. The number of alkyl carbamates (subject to hydrolysis) is 1. The summed E-state index contributed by atoms with van der Waals surface area (Å²) >= 11 is 0. The predicted octanol–water partition coefficient (Wildman–Crippen LogP) is 3.28. The number of ether oxygens (including phenoxy) is 2. The van der Waals surface area contributed by atoms with Gasteiger partial charge < -0.3 is 19.9 Å². The average molecular weight is 347 g/mol. The summed E-state index contributed by atoms with van der Waals surface area (Å²) in [4.78, 5) is 23.0. The lowest BCUT2D eigenvalue weighted by molar-refractivity contribution is -0.137. The van der Waals surface area contributed by atoms with Crippen LogP contribution in [0, 0.1) is 5.82 Å². The Morgan fingerprint density at radius 1 is 1.20 bits per heavy atom. The van der Waals surface area contributed by atoms with Crippen molar-refractivity contribution in [2.45, 2.75) is 19.1 Å². The molecule has 6 nitrogen and oxygen atoms in total. The second-order valence-electron chi connectivity index (χ2n) is 5.25. The molecular weight excluding hydrogens is 329 g/mol. The molecule has 0 fully saturated rings. The topological polar surface area (TPSA) is 84.9 Å². The Hall–Kier alpha value is -3.09. The Balaban J connectivity index is 2.05. The highest BCUT2D eigenvalue weighted by Crippen LogP contribution is 2.24. The minimum absolute atomic E-state index is 0.0319. The molecule has 0 unspecified atom stereocenters. The van der Waals surface area contributed by atoms with Gasteiger partial charge in [-0.15, -0.1) is 0 Å². The van der Waals surface area contributed by atoms with Gasteiger partial charge in [-0.1, -0.05) is 36.4 Å². The molecule has 0 bridgehead atoms. The summed E-state index contributed by atoms with van der Waals surface area (Å²) in [6.45, 7) is 0.0451. The number of carbonyl (C=O) groups is 2. The summed E-state index contributed by atoms with van der Waals surface area (Å²) in [7, 11) is 1.33. The molecule has 0 saturated carbocycles. The molecule has 7 heteroatoms. The van der Waals surface area contributed by atoms with Crippen LogP contribution in [-0.4, -0.2) is 24.3 Å². The molecule has 2 aromatic rings. The summed E-state index contributed by atoms with van der Waals surface area (Å²) in [6.07, 6.45) is -1.20. The van der Waals surface area contributed by atoms with E-state index >= 15 is 0 Å². The average Bonchev–Trinajstić information content (AvgIpc) is 2.60. The lowest BCUT2D eigenvalue weighted by Crippen LogP contribution is -2.30. The van der Waals surface area contributed by atoms with E-state index in [0.717, 1.165) is 11.6 Å².